The van der Waals surface area contributed by atoms with Gasteiger partial charge in [-0.2, -0.15) is 8.42 Å². The normalized spacial score (nSPS) is 12.7. The first-order valence-corrected chi connectivity index (χ1v) is 14.0. The number of sulfonamides is 1. The molecule has 0 spiro atoms. The molecule has 0 amide bonds. The number of benzene rings is 3. The Bertz CT molecular complexity index is 1630. The molecule has 3 aromatic carbocycles. The van der Waals surface area contributed by atoms with Crippen molar-refractivity contribution in [3.63, 3.8) is 0 Å². The largest absolute Gasteiger partial charge is 0.347 e. The van der Waals surface area contributed by atoms with Gasteiger partial charge in [-0.25, -0.2) is 4.98 Å². The standard InChI is InChI=1S/C24H18Cl4N6O4S/c25-15-1-7-19(20(27)11-15)23(13-33-10-9-29-14-33)31-24(30-22-8-2-16(26)12-21(22)28)32-39(37,38)18-5-3-17(4-6-18)34(35)36/h1-12,14,23H,13H2,(H2,30,31,32). The topological polar surface area (TPSA) is 132 Å². The van der Waals surface area contributed by atoms with Crippen LogP contribution in [0.15, 0.2) is 88.7 Å². The molecular formula is C24H18Cl4N6O4S. The Morgan fingerprint density at radius 3 is 2.26 bits per heavy atom. The average molecular weight is 628 g/mol. The van der Waals surface area contributed by atoms with Crippen molar-refractivity contribution in [3.05, 3.63) is 115 Å². The first kappa shape index (κ1) is 28.7. The number of nitro benzene ring substituents is 1. The van der Waals surface area contributed by atoms with E-state index >= 15 is 0 Å². The van der Waals surface area contributed by atoms with Gasteiger partial charge in [0.05, 0.1) is 32.9 Å². The molecule has 4 aromatic rings. The van der Waals surface area contributed by atoms with Gasteiger partial charge < -0.3 is 15.2 Å². The average Bonchev–Trinajstić information content (AvgIpc) is 3.38. The fourth-order valence-electron chi connectivity index (χ4n) is 3.49. The molecule has 39 heavy (non-hydrogen) atoms. The molecule has 202 valence electrons. The molecule has 0 aliphatic heterocycles. The van der Waals surface area contributed by atoms with Crippen molar-refractivity contribution in [2.75, 3.05) is 5.32 Å². The van der Waals surface area contributed by atoms with Crippen LogP contribution < -0.4 is 10.6 Å². The minimum absolute atomic E-state index is 0.200. The van der Waals surface area contributed by atoms with Crippen LogP contribution in [0.2, 0.25) is 20.1 Å². The summed E-state index contributed by atoms with van der Waals surface area (Å²) in [4.78, 5) is 14.2. The van der Waals surface area contributed by atoms with Gasteiger partial charge in [0.25, 0.3) is 15.7 Å². The van der Waals surface area contributed by atoms with Crippen molar-refractivity contribution in [1.29, 1.82) is 0 Å². The molecule has 0 fully saturated rings. The zero-order chi connectivity index (χ0) is 28.2. The van der Waals surface area contributed by atoms with Crippen molar-refractivity contribution in [3.8, 4) is 0 Å². The maximum atomic E-state index is 13.2. The van der Waals surface area contributed by atoms with Gasteiger partial charge in [0, 0.05) is 46.1 Å². The molecular weight excluding hydrogens is 610 g/mol. The van der Waals surface area contributed by atoms with Crippen LogP contribution in [-0.2, 0) is 16.6 Å². The SMILES string of the molecule is O=[N+]([O-])c1ccc(S(=O)(=O)/N=C(\Nc2ccc(Cl)cc2Cl)NC(Cn2ccnc2)c2ccc(Cl)cc2Cl)cc1. The van der Waals surface area contributed by atoms with Gasteiger partial charge in [0.15, 0.2) is 0 Å². The second kappa shape index (κ2) is 12.2. The smallest absolute Gasteiger partial charge is 0.285 e. The molecule has 0 aliphatic carbocycles. The van der Waals surface area contributed by atoms with Crippen molar-refractivity contribution in [1.82, 2.24) is 14.9 Å². The van der Waals surface area contributed by atoms with E-state index in [1.807, 2.05) is 0 Å². The quantitative estimate of drug-likeness (QED) is 0.0974. The van der Waals surface area contributed by atoms with Crippen molar-refractivity contribution < 1.29 is 13.3 Å². The van der Waals surface area contributed by atoms with Crippen LogP contribution in [0.4, 0.5) is 11.4 Å². The number of anilines is 1. The minimum Gasteiger partial charge on any atom is -0.347 e. The Hall–Kier alpha value is -3.35. The van der Waals surface area contributed by atoms with E-state index in [0.717, 1.165) is 24.3 Å². The van der Waals surface area contributed by atoms with E-state index in [1.165, 1.54) is 6.07 Å². The highest BCUT2D eigenvalue weighted by Crippen LogP contribution is 2.29. The van der Waals surface area contributed by atoms with Crippen molar-refractivity contribution in [2.24, 2.45) is 4.40 Å². The van der Waals surface area contributed by atoms with Gasteiger partial charge >= 0.3 is 0 Å². The lowest BCUT2D eigenvalue weighted by atomic mass is 10.1. The molecule has 0 aliphatic rings. The summed E-state index contributed by atoms with van der Waals surface area (Å²) in [6, 6.07) is 13.2. The Labute approximate surface area is 243 Å². The van der Waals surface area contributed by atoms with Gasteiger partial charge in [0.1, 0.15) is 0 Å². The van der Waals surface area contributed by atoms with Gasteiger partial charge in [-0.1, -0.05) is 52.5 Å². The number of nitrogens with one attached hydrogen (secondary N) is 2. The fraction of sp³-hybridized carbons (Fsp3) is 0.0833. The Morgan fingerprint density at radius 2 is 1.67 bits per heavy atom. The minimum atomic E-state index is -4.35. The van der Waals surface area contributed by atoms with Crippen molar-refractivity contribution in [2.45, 2.75) is 17.5 Å². The van der Waals surface area contributed by atoms with Gasteiger partial charge in [-0.05, 0) is 48.0 Å². The third-order valence-electron chi connectivity index (χ3n) is 5.34. The summed E-state index contributed by atoms with van der Waals surface area (Å²) >= 11 is 24.9. The molecule has 1 unspecified atom stereocenters. The lowest BCUT2D eigenvalue weighted by Gasteiger charge is -2.24. The first-order chi connectivity index (χ1) is 18.5. The van der Waals surface area contributed by atoms with Crippen LogP contribution >= 0.6 is 46.4 Å². The highest BCUT2D eigenvalue weighted by Gasteiger charge is 2.22. The second-order valence-electron chi connectivity index (χ2n) is 8.04. The molecule has 0 radical (unpaired) electrons. The van der Waals surface area contributed by atoms with Crippen molar-refractivity contribution >= 4 is 73.8 Å². The summed E-state index contributed by atoms with van der Waals surface area (Å²) in [5.41, 5.74) is 0.647. The van der Waals surface area contributed by atoms with Gasteiger partial charge in [0.2, 0.25) is 5.96 Å². The number of nitro groups is 1. The molecule has 1 aromatic heterocycles. The monoisotopic (exact) mass is 626 g/mol. The van der Waals surface area contributed by atoms with E-state index in [4.69, 9.17) is 46.4 Å². The van der Waals surface area contributed by atoms with Crippen LogP contribution in [0.25, 0.3) is 0 Å². The predicted octanol–water partition coefficient (Wildman–Crippen LogP) is 6.59. The fourth-order valence-corrected chi connectivity index (χ4v) is 5.41. The lowest BCUT2D eigenvalue weighted by molar-refractivity contribution is -0.384. The van der Waals surface area contributed by atoms with Crippen LogP contribution in [0, 0.1) is 10.1 Å². The third-order valence-corrected chi connectivity index (χ3v) is 7.74. The predicted molar refractivity (Wildman–Crippen MR) is 152 cm³/mol. The number of guanidine groups is 1. The molecule has 1 atom stereocenters. The van der Waals surface area contributed by atoms with E-state index in [9.17, 15) is 18.5 Å². The summed E-state index contributed by atoms with van der Waals surface area (Å²) in [6.07, 6.45) is 4.92. The summed E-state index contributed by atoms with van der Waals surface area (Å²) in [5, 5.41) is 18.3. The number of hydrogen-bond donors (Lipinski definition) is 2. The van der Waals surface area contributed by atoms with E-state index in [2.05, 4.69) is 20.0 Å². The molecule has 0 bridgehead atoms. The highest BCUT2D eigenvalue weighted by molar-refractivity contribution is 7.90. The zero-order valence-corrected chi connectivity index (χ0v) is 23.5. The Kier molecular flexibility index (Phi) is 8.98. The van der Waals surface area contributed by atoms with Gasteiger partial charge in [-0.3, -0.25) is 10.1 Å². The molecule has 2 N–H and O–H groups in total. The van der Waals surface area contributed by atoms with Crippen LogP contribution in [0.5, 0.6) is 0 Å². The summed E-state index contributed by atoms with van der Waals surface area (Å²) in [6.45, 7) is 0.272. The summed E-state index contributed by atoms with van der Waals surface area (Å²) in [7, 11) is -4.35. The van der Waals surface area contributed by atoms with Crippen LogP contribution in [0.3, 0.4) is 0 Å². The molecule has 10 nitrogen and oxygen atoms in total. The van der Waals surface area contributed by atoms with Crippen LogP contribution in [0.1, 0.15) is 11.6 Å². The molecule has 4 rings (SSSR count). The maximum Gasteiger partial charge on any atom is 0.285 e. The molecule has 1 heterocycles. The number of nitrogens with zero attached hydrogens (tertiary/aromatic N) is 4. The number of aromatic nitrogens is 2. The van der Waals surface area contributed by atoms with E-state index in [-0.39, 0.29) is 28.1 Å². The number of rotatable bonds is 8. The number of halogens is 4. The molecule has 0 saturated heterocycles. The molecule has 0 saturated carbocycles. The van der Waals surface area contributed by atoms with E-state index < -0.39 is 21.0 Å². The van der Waals surface area contributed by atoms with E-state index in [0.29, 0.717) is 26.3 Å². The zero-order valence-electron chi connectivity index (χ0n) is 19.6. The highest BCUT2D eigenvalue weighted by atomic mass is 35.5. The Morgan fingerprint density at radius 1 is 1.00 bits per heavy atom. The number of imidazole rings is 1. The summed E-state index contributed by atoms with van der Waals surface area (Å²) in [5.74, 6) is -0.200. The number of non-ortho nitro benzene ring substituents is 1. The molecule has 15 heteroatoms. The first-order valence-electron chi connectivity index (χ1n) is 11.0. The third kappa shape index (κ3) is 7.40. The lowest BCUT2D eigenvalue weighted by Crippen LogP contribution is -2.37. The second-order valence-corrected chi connectivity index (χ2v) is 11.3. The number of hydrogen-bond acceptors (Lipinski definition) is 5. The van der Waals surface area contributed by atoms with E-state index in [1.54, 1.807) is 53.6 Å². The maximum absolute atomic E-state index is 13.2. The van der Waals surface area contributed by atoms with Crippen LogP contribution in [-0.4, -0.2) is 28.9 Å². The Balaban J connectivity index is 1.78. The summed E-state index contributed by atoms with van der Waals surface area (Å²) < 4.78 is 32.2. The van der Waals surface area contributed by atoms with Gasteiger partial charge in [-0.15, -0.1) is 4.40 Å².